The number of aromatic amines is 1. The van der Waals surface area contributed by atoms with Crippen LogP contribution in [0.5, 0.6) is 5.75 Å². The maximum atomic E-state index is 11.7. The molecule has 2 heterocycles. The molecular formula is C13H12N6O4S. The van der Waals surface area contributed by atoms with Gasteiger partial charge in [0.15, 0.2) is 0 Å². The summed E-state index contributed by atoms with van der Waals surface area (Å²) in [5.41, 5.74) is 2.56. The van der Waals surface area contributed by atoms with Gasteiger partial charge in [-0.25, -0.2) is 9.89 Å². The molecule has 2 N–H and O–H groups in total. The number of amides is 1. The summed E-state index contributed by atoms with van der Waals surface area (Å²) in [6, 6.07) is 7.14. The number of hydrogen-bond acceptors (Lipinski definition) is 8. The van der Waals surface area contributed by atoms with Crippen LogP contribution in [-0.2, 0) is 4.79 Å². The van der Waals surface area contributed by atoms with Crippen LogP contribution in [0.4, 0.5) is 0 Å². The summed E-state index contributed by atoms with van der Waals surface area (Å²) in [6.45, 7) is 0. The summed E-state index contributed by atoms with van der Waals surface area (Å²) in [5.74, 6) is 0.653. The van der Waals surface area contributed by atoms with Crippen molar-refractivity contribution in [1.82, 2.24) is 25.1 Å². The molecule has 0 radical (unpaired) electrons. The first-order chi connectivity index (χ1) is 11.7. The van der Waals surface area contributed by atoms with Crippen LogP contribution in [0.15, 0.2) is 45.0 Å². The molecule has 1 aromatic carbocycles. The fraction of sp³-hybridized carbons (Fsp3) is 0.154. The fourth-order valence-electron chi connectivity index (χ4n) is 1.74. The van der Waals surface area contributed by atoms with E-state index in [1.165, 1.54) is 6.33 Å². The van der Waals surface area contributed by atoms with Crippen molar-refractivity contribution in [3.63, 3.8) is 0 Å². The fourth-order valence-corrected chi connectivity index (χ4v) is 2.30. The van der Waals surface area contributed by atoms with Gasteiger partial charge in [0.2, 0.25) is 11.8 Å². The molecule has 0 fully saturated rings. The second-order valence-electron chi connectivity index (χ2n) is 4.46. The summed E-state index contributed by atoms with van der Waals surface area (Å²) < 4.78 is 11.5. The zero-order valence-corrected chi connectivity index (χ0v) is 13.2. The van der Waals surface area contributed by atoms with Gasteiger partial charge >= 0.3 is 5.69 Å². The Hall–Kier alpha value is -3.08. The lowest BCUT2D eigenvalue weighted by atomic mass is 10.2. The maximum Gasteiger partial charge on any atom is 0.362 e. The Labute approximate surface area is 139 Å². The normalized spacial score (nSPS) is 10.5. The van der Waals surface area contributed by atoms with E-state index in [0.717, 1.165) is 27.8 Å². The van der Waals surface area contributed by atoms with Crippen LogP contribution >= 0.6 is 11.8 Å². The molecule has 0 saturated heterocycles. The third kappa shape index (κ3) is 3.63. The molecule has 124 valence electrons. The van der Waals surface area contributed by atoms with E-state index in [1.807, 2.05) is 0 Å². The molecule has 1 amide bonds. The second-order valence-corrected chi connectivity index (χ2v) is 5.38. The first kappa shape index (κ1) is 15.8. The first-order valence-electron chi connectivity index (χ1n) is 6.68. The van der Waals surface area contributed by atoms with Crippen LogP contribution < -0.4 is 15.9 Å². The summed E-state index contributed by atoms with van der Waals surface area (Å²) in [6.07, 6.45) is 1.17. The van der Waals surface area contributed by atoms with Crippen LogP contribution in [-0.4, -0.2) is 43.8 Å². The number of methoxy groups -OCH3 is 1. The molecule has 0 aliphatic rings. The van der Waals surface area contributed by atoms with Gasteiger partial charge < -0.3 is 9.15 Å². The third-order valence-electron chi connectivity index (χ3n) is 2.87. The molecule has 0 aliphatic heterocycles. The SMILES string of the molecule is COc1ccc(-c2nnc(SCC(=O)Nn3cn[nH]c3=O)o2)cc1. The van der Waals surface area contributed by atoms with Gasteiger partial charge in [-0.1, -0.05) is 11.8 Å². The average Bonchev–Trinajstić information content (AvgIpc) is 3.23. The van der Waals surface area contributed by atoms with Crippen molar-refractivity contribution in [1.29, 1.82) is 0 Å². The first-order valence-corrected chi connectivity index (χ1v) is 7.67. The molecule has 2 aromatic heterocycles. The van der Waals surface area contributed by atoms with Gasteiger partial charge in [-0.2, -0.15) is 9.77 Å². The highest BCUT2D eigenvalue weighted by Gasteiger charge is 2.12. The van der Waals surface area contributed by atoms with E-state index in [1.54, 1.807) is 31.4 Å². The van der Waals surface area contributed by atoms with E-state index >= 15 is 0 Å². The van der Waals surface area contributed by atoms with E-state index < -0.39 is 11.6 Å². The number of nitrogens with one attached hydrogen (secondary N) is 2. The molecule has 11 heteroatoms. The quantitative estimate of drug-likeness (QED) is 0.616. The summed E-state index contributed by atoms with van der Waals surface area (Å²) in [5, 5.41) is 13.7. The highest BCUT2D eigenvalue weighted by molar-refractivity contribution is 7.99. The number of thioether (sulfide) groups is 1. The molecular weight excluding hydrogens is 336 g/mol. The lowest BCUT2D eigenvalue weighted by Crippen LogP contribution is -2.31. The van der Waals surface area contributed by atoms with Crippen molar-refractivity contribution in [2.24, 2.45) is 0 Å². The molecule has 0 atom stereocenters. The molecule has 0 aliphatic carbocycles. The molecule has 0 spiro atoms. The van der Waals surface area contributed by atoms with E-state index in [9.17, 15) is 9.59 Å². The van der Waals surface area contributed by atoms with Gasteiger partial charge in [0, 0.05) is 5.56 Å². The van der Waals surface area contributed by atoms with Crippen molar-refractivity contribution in [2.75, 3.05) is 18.3 Å². The summed E-state index contributed by atoms with van der Waals surface area (Å²) in [7, 11) is 1.58. The molecule has 0 saturated carbocycles. The van der Waals surface area contributed by atoms with Crippen LogP contribution in [0.3, 0.4) is 0 Å². The van der Waals surface area contributed by atoms with Crippen molar-refractivity contribution >= 4 is 17.7 Å². The van der Waals surface area contributed by atoms with Crippen molar-refractivity contribution in [3.05, 3.63) is 41.1 Å². The molecule has 24 heavy (non-hydrogen) atoms. The predicted molar refractivity (Wildman–Crippen MR) is 84.2 cm³/mol. The van der Waals surface area contributed by atoms with Crippen molar-refractivity contribution in [2.45, 2.75) is 5.22 Å². The molecule has 0 bridgehead atoms. The summed E-state index contributed by atoms with van der Waals surface area (Å²) in [4.78, 5) is 23.0. The Balaban J connectivity index is 1.58. The third-order valence-corrected chi connectivity index (χ3v) is 3.69. The minimum Gasteiger partial charge on any atom is -0.497 e. The van der Waals surface area contributed by atoms with E-state index in [-0.39, 0.29) is 11.0 Å². The Morgan fingerprint density at radius 1 is 1.38 bits per heavy atom. The number of hydrogen-bond donors (Lipinski definition) is 2. The molecule has 3 rings (SSSR count). The lowest BCUT2D eigenvalue weighted by Gasteiger charge is -2.01. The Kier molecular flexibility index (Phi) is 4.61. The van der Waals surface area contributed by atoms with Crippen LogP contribution in [0, 0.1) is 0 Å². The zero-order chi connectivity index (χ0) is 16.9. The Morgan fingerprint density at radius 2 is 2.17 bits per heavy atom. The number of carbonyl (C=O) groups is 1. The van der Waals surface area contributed by atoms with E-state index in [4.69, 9.17) is 9.15 Å². The van der Waals surface area contributed by atoms with Crippen molar-refractivity contribution < 1.29 is 13.9 Å². The predicted octanol–water partition coefficient (Wildman–Crippen LogP) is 0.492. The number of benzene rings is 1. The van der Waals surface area contributed by atoms with Gasteiger partial charge in [-0.3, -0.25) is 10.2 Å². The smallest absolute Gasteiger partial charge is 0.362 e. The van der Waals surface area contributed by atoms with Gasteiger partial charge in [0.1, 0.15) is 12.1 Å². The Bertz CT molecular complexity index is 884. The minimum atomic E-state index is -0.534. The van der Waals surface area contributed by atoms with E-state index in [2.05, 4.69) is 25.8 Å². The number of carbonyl (C=O) groups excluding carboxylic acids is 1. The topological polar surface area (TPSA) is 128 Å². The number of aromatic nitrogens is 5. The highest BCUT2D eigenvalue weighted by atomic mass is 32.2. The molecule has 10 nitrogen and oxygen atoms in total. The van der Waals surface area contributed by atoms with Crippen molar-refractivity contribution in [3.8, 4) is 17.2 Å². The van der Waals surface area contributed by atoms with E-state index in [0.29, 0.717) is 5.89 Å². The number of H-pyrrole nitrogens is 1. The van der Waals surface area contributed by atoms with Gasteiger partial charge in [-0.15, -0.1) is 10.2 Å². The minimum absolute atomic E-state index is 0.00185. The Morgan fingerprint density at radius 3 is 2.83 bits per heavy atom. The second kappa shape index (κ2) is 7.00. The maximum absolute atomic E-state index is 11.7. The molecule has 0 unspecified atom stereocenters. The monoisotopic (exact) mass is 348 g/mol. The number of nitrogens with zero attached hydrogens (tertiary/aromatic N) is 4. The highest BCUT2D eigenvalue weighted by Crippen LogP contribution is 2.24. The largest absolute Gasteiger partial charge is 0.497 e. The average molecular weight is 348 g/mol. The van der Waals surface area contributed by atoms with Crippen LogP contribution in [0.25, 0.3) is 11.5 Å². The standard InChI is InChI=1S/C13H12N6O4S/c1-22-9-4-2-8(3-5-9)11-15-17-13(23-11)24-6-10(20)18-19-7-14-16-12(19)21/h2-5,7H,6H2,1H3,(H,16,21)(H,18,20). The molecule has 3 aromatic rings. The summed E-state index contributed by atoms with van der Waals surface area (Å²) >= 11 is 1.06. The number of rotatable bonds is 6. The van der Waals surface area contributed by atoms with Crippen LogP contribution in [0.2, 0.25) is 0 Å². The number of ether oxygens (including phenoxy) is 1. The zero-order valence-electron chi connectivity index (χ0n) is 12.4. The van der Waals surface area contributed by atoms with Crippen LogP contribution in [0.1, 0.15) is 0 Å². The van der Waals surface area contributed by atoms with Gasteiger partial charge in [-0.05, 0) is 24.3 Å². The van der Waals surface area contributed by atoms with Gasteiger partial charge in [0.05, 0.1) is 12.9 Å². The lowest BCUT2D eigenvalue weighted by molar-refractivity contribution is -0.114. The van der Waals surface area contributed by atoms with Gasteiger partial charge in [0.25, 0.3) is 5.22 Å².